The molecule has 6 nitrogen and oxygen atoms in total. The number of hydrogen-bond donors (Lipinski definition) is 2. The molecule has 134 valence electrons. The zero-order valence-corrected chi connectivity index (χ0v) is 15.6. The fraction of sp³-hybridized carbons (Fsp3) is 0.211. The second kappa shape index (κ2) is 7.53. The summed E-state index contributed by atoms with van der Waals surface area (Å²) >= 11 is 1.34. The van der Waals surface area contributed by atoms with E-state index in [1.165, 1.54) is 18.3 Å². The standard InChI is InChI=1S/C19H19N3O3S/c1-11-6-12(2)8-15(7-11)25-10-18(24)22-19-21-16-5-4-14(20-13(3)23)9-17(16)26-19/h4-9H,10H2,1-3H3,(H,20,23)(H,21,22,24). The average Bonchev–Trinajstić information content (AvgIpc) is 2.93. The van der Waals surface area contributed by atoms with Gasteiger partial charge < -0.3 is 10.1 Å². The highest BCUT2D eigenvalue weighted by Crippen LogP contribution is 2.28. The summed E-state index contributed by atoms with van der Waals surface area (Å²) in [4.78, 5) is 27.6. The number of thiazole rings is 1. The van der Waals surface area contributed by atoms with Crippen molar-refractivity contribution in [3.63, 3.8) is 0 Å². The van der Waals surface area contributed by atoms with Crippen molar-refractivity contribution in [2.45, 2.75) is 20.8 Å². The molecule has 2 N–H and O–H groups in total. The molecule has 0 atom stereocenters. The molecule has 0 saturated heterocycles. The van der Waals surface area contributed by atoms with E-state index in [1.54, 1.807) is 12.1 Å². The van der Waals surface area contributed by atoms with Gasteiger partial charge in [-0.1, -0.05) is 17.4 Å². The molecular formula is C19H19N3O3S. The van der Waals surface area contributed by atoms with Crippen LogP contribution < -0.4 is 15.4 Å². The molecule has 7 heteroatoms. The number of rotatable bonds is 5. The number of hydrogen-bond acceptors (Lipinski definition) is 5. The van der Waals surface area contributed by atoms with E-state index in [4.69, 9.17) is 4.74 Å². The number of amides is 2. The molecular weight excluding hydrogens is 350 g/mol. The van der Waals surface area contributed by atoms with Gasteiger partial charge in [0.2, 0.25) is 5.91 Å². The Morgan fingerprint density at radius 2 is 1.81 bits per heavy atom. The predicted octanol–water partition coefficient (Wildman–Crippen LogP) is 3.89. The minimum atomic E-state index is -0.273. The first-order chi connectivity index (χ1) is 12.4. The quantitative estimate of drug-likeness (QED) is 0.715. The lowest BCUT2D eigenvalue weighted by atomic mass is 10.1. The SMILES string of the molecule is CC(=O)Nc1ccc2nc(NC(=O)COc3cc(C)cc(C)c3)sc2c1. The van der Waals surface area contributed by atoms with Crippen LogP contribution >= 0.6 is 11.3 Å². The zero-order chi connectivity index (χ0) is 18.7. The Balaban J connectivity index is 1.64. The smallest absolute Gasteiger partial charge is 0.264 e. The van der Waals surface area contributed by atoms with E-state index in [-0.39, 0.29) is 18.4 Å². The maximum absolute atomic E-state index is 12.1. The van der Waals surface area contributed by atoms with Gasteiger partial charge >= 0.3 is 0 Å². The second-order valence-electron chi connectivity index (χ2n) is 6.04. The van der Waals surface area contributed by atoms with Gasteiger partial charge in [0.25, 0.3) is 5.91 Å². The van der Waals surface area contributed by atoms with Crippen LogP contribution in [0.1, 0.15) is 18.1 Å². The summed E-state index contributed by atoms with van der Waals surface area (Å²) in [5, 5.41) is 5.97. The van der Waals surface area contributed by atoms with Crippen molar-refractivity contribution >= 4 is 44.2 Å². The van der Waals surface area contributed by atoms with Gasteiger partial charge in [-0.25, -0.2) is 4.98 Å². The lowest BCUT2D eigenvalue weighted by molar-refractivity contribution is -0.118. The Bertz CT molecular complexity index is 961. The third-order valence-electron chi connectivity index (χ3n) is 3.52. The molecule has 3 rings (SSSR count). The molecule has 0 bridgehead atoms. The third kappa shape index (κ3) is 4.58. The van der Waals surface area contributed by atoms with E-state index in [9.17, 15) is 9.59 Å². The summed E-state index contributed by atoms with van der Waals surface area (Å²) in [5.74, 6) is 0.262. The van der Waals surface area contributed by atoms with E-state index in [0.29, 0.717) is 16.6 Å². The Morgan fingerprint density at radius 3 is 2.50 bits per heavy atom. The maximum atomic E-state index is 12.1. The number of carbonyl (C=O) groups is 2. The largest absolute Gasteiger partial charge is 0.484 e. The molecule has 26 heavy (non-hydrogen) atoms. The maximum Gasteiger partial charge on any atom is 0.264 e. The van der Waals surface area contributed by atoms with E-state index in [1.807, 2.05) is 38.1 Å². The number of fused-ring (bicyclic) bond motifs is 1. The molecule has 1 heterocycles. The van der Waals surface area contributed by atoms with Crippen LogP contribution in [0.3, 0.4) is 0 Å². The van der Waals surface area contributed by atoms with Crippen molar-refractivity contribution in [3.8, 4) is 5.75 Å². The molecule has 0 spiro atoms. The molecule has 0 aliphatic carbocycles. The fourth-order valence-corrected chi connectivity index (χ4v) is 3.50. The van der Waals surface area contributed by atoms with Gasteiger partial charge in [0.15, 0.2) is 11.7 Å². The van der Waals surface area contributed by atoms with Crippen LogP contribution in [0.15, 0.2) is 36.4 Å². The van der Waals surface area contributed by atoms with Crippen molar-refractivity contribution in [1.29, 1.82) is 0 Å². The predicted molar refractivity (Wildman–Crippen MR) is 104 cm³/mol. The Hall–Kier alpha value is -2.93. The number of aryl methyl sites for hydroxylation is 2. The normalized spacial score (nSPS) is 10.6. The molecule has 0 saturated carbocycles. The van der Waals surface area contributed by atoms with Crippen LogP contribution in [0.25, 0.3) is 10.2 Å². The molecule has 0 aliphatic rings. The van der Waals surface area contributed by atoms with E-state index in [0.717, 1.165) is 21.3 Å². The minimum absolute atomic E-state index is 0.0873. The number of benzene rings is 2. The van der Waals surface area contributed by atoms with Gasteiger partial charge in [0.1, 0.15) is 5.75 Å². The van der Waals surface area contributed by atoms with Gasteiger partial charge in [-0.2, -0.15) is 0 Å². The van der Waals surface area contributed by atoms with Crippen LogP contribution in [0.2, 0.25) is 0 Å². The molecule has 1 aromatic heterocycles. The summed E-state index contributed by atoms with van der Waals surface area (Å²) in [6, 6.07) is 11.2. The highest BCUT2D eigenvalue weighted by atomic mass is 32.1. The van der Waals surface area contributed by atoms with E-state index >= 15 is 0 Å². The van der Waals surface area contributed by atoms with Crippen LogP contribution in [0, 0.1) is 13.8 Å². The minimum Gasteiger partial charge on any atom is -0.484 e. The third-order valence-corrected chi connectivity index (χ3v) is 4.45. The topological polar surface area (TPSA) is 80.3 Å². The van der Waals surface area contributed by atoms with Crippen LogP contribution in [-0.4, -0.2) is 23.4 Å². The van der Waals surface area contributed by atoms with Crippen molar-refractivity contribution in [3.05, 3.63) is 47.5 Å². The summed E-state index contributed by atoms with van der Waals surface area (Å²) < 4.78 is 6.43. The van der Waals surface area contributed by atoms with Crippen LogP contribution in [0.4, 0.5) is 10.8 Å². The highest BCUT2D eigenvalue weighted by molar-refractivity contribution is 7.22. The van der Waals surface area contributed by atoms with Crippen molar-refractivity contribution < 1.29 is 14.3 Å². The summed E-state index contributed by atoms with van der Waals surface area (Å²) in [7, 11) is 0. The van der Waals surface area contributed by atoms with Crippen molar-refractivity contribution in [2.75, 3.05) is 17.2 Å². The molecule has 3 aromatic rings. The van der Waals surface area contributed by atoms with Crippen LogP contribution in [-0.2, 0) is 9.59 Å². The van der Waals surface area contributed by atoms with E-state index < -0.39 is 0 Å². The highest BCUT2D eigenvalue weighted by Gasteiger charge is 2.10. The van der Waals surface area contributed by atoms with Gasteiger partial charge in [0, 0.05) is 12.6 Å². The monoisotopic (exact) mass is 369 g/mol. The molecule has 2 aromatic carbocycles. The van der Waals surface area contributed by atoms with Gasteiger partial charge in [-0.05, 0) is 55.3 Å². The Labute approximate surface area is 155 Å². The number of aromatic nitrogens is 1. The van der Waals surface area contributed by atoms with Crippen molar-refractivity contribution in [1.82, 2.24) is 4.98 Å². The molecule has 0 aliphatic heterocycles. The first-order valence-electron chi connectivity index (χ1n) is 8.08. The lowest BCUT2D eigenvalue weighted by Crippen LogP contribution is -2.20. The number of anilines is 2. The second-order valence-corrected chi connectivity index (χ2v) is 7.07. The van der Waals surface area contributed by atoms with E-state index in [2.05, 4.69) is 15.6 Å². The Morgan fingerprint density at radius 1 is 1.08 bits per heavy atom. The number of carbonyl (C=O) groups excluding carboxylic acids is 2. The first-order valence-corrected chi connectivity index (χ1v) is 8.90. The fourth-order valence-electron chi connectivity index (χ4n) is 2.58. The number of nitrogens with zero attached hydrogens (tertiary/aromatic N) is 1. The summed E-state index contributed by atoms with van der Waals surface area (Å²) in [6.07, 6.45) is 0. The summed E-state index contributed by atoms with van der Waals surface area (Å²) in [6.45, 7) is 5.33. The lowest BCUT2D eigenvalue weighted by Gasteiger charge is -2.07. The molecule has 0 fully saturated rings. The molecule has 2 amide bonds. The van der Waals surface area contributed by atoms with Gasteiger partial charge in [-0.3, -0.25) is 14.9 Å². The average molecular weight is 369 g/mol. The first kappa shape index (κ1) is 17.9. The molecule has 0 radical (unpaired) electrons. The number of ether oxygens (including phenoxy) is 1. The number of nitrogens with one attached hydrogen (secondary N) is 2. The summed E-state index contributed by atoms with van der Waals surface area (Å²) in [5.41, 5.74) is 3.63. The van der Waals surface area contributed by atoms with Gasteiger partial charge in [-0.15, -0.1) is 0 Å². The Kier molecular flexibility index (Phi) is 5.18. The molecule has 0 unspecified atom stereocenters. The zero-order valence-electron chi connectivity index (χ0n) is 14.8. The van der Waals surface area contributed by atoms with Gasteiger partial charge in [0.05, 0.1) is 10.2 Å². The van der Waals surface area contributed by atoms with Crippen molar-refractivity contribution in [2.24, 2.45) is 0 Å². The van der Waals surface area contributed by atoms with Crippen LogP contribution in [0.5, 0.6) is 5.75 Å².